The zero-order chi connectivity index (χ0) is 19.5. The van der Waals surface area contributed by atoms with E-state index in [9.17, 15) is 9.59 Å². The monoisotopic (exact) mass is 401 g/mol. The number of carbonyl (C=O) groups is 1. The maximum atomic E-state index is 12.3. The minimum absolute atomic E-state index is 0.0178. The third-order valence-corrected chi connectivity index (χ3v) is 5.76. The van der Waals surface area contributed by atoms with Gasteiger partial charge in [0.25, 0.3) is 5.56 Å². The number of rotatable bonds is 5. The number of ether oxygens (including phenoxy) is 1. The van der Waals surface area contributed by atoms with Crippen molar-refractivity contribution >= 4 is 17.5 Å². The van der Waals surface area contributed by atoms with Crippen LogP contribution in [0.2, 0.25) is 5.02 Å². The second-order valence-corrected chi connectivity index (χ2v) is 7.90. The Morgan fingerprint density at radius 3 is 2.79 bits per heavy atom. The second-order valence-electron chi connectivity index (χ2n) is 7.46. The van der Waals surface area contributed by atoms with Crippen LogP contribution in [-0.4, -0.2) is 47.2 Å². The average molecular weight is 402 g/mol. The van der Waals surface area contributed by atoms with Crippen molar-refractivity contribution in [3.8, 4) is 0 Å². The predicted octanol–water partition coefficient (Wildman–Crippen LogP) is 2.22. The van der Waals surface area contributed by atoms with Crippen LogP contribution in [0.15, 0.2) is 53.5 Å². The Kier molecular flexibility index (Phi) is 5.80. The Morgan fingerprint density at radius 2 is 2.00 bits per heavy atom. The molecule has 1 aromatic carbocycles. The molecule has 2 aromatic rings. The highest BCUT2D eigenvalue weighted by Gasteiger charge is 2.38. The number of pyridine rings is 1. The van der Waals surface area contributed by atoms with Gasteiger partial charge in [0.1, 0.15) is 0 Å². The lowest BCUT2D eigenvalue weighted by atomic mass is 10.1. The fraction of sp³-hybridized carbons (Fsp3) is 0.429. The molecule has 148 valence electrons. The van der Waals surface area contributed by atoms with Gasteiger partial charge in [0, 0.05) is 55.4 Å². The molecule has 3 atom stereocenters. The zero-order valence-corrected chi connectivity index (χ0v) is 16.3. The van der Waals surface area contributed by atoms with Gasteiger partial charge in [0.2, 0.25) is 5.91 Å². The SMILES string of the molecule is O=C(CCn1ccccc1=O)N[C@@H]1C[C@H]2CO[C@@H](c3ccc(Cl)cc3)CN2C1. The molecule has 4 rings (SSSR count). The molecule has 2 aliphatic rings. The Hall–Kier alpha value is -2.15. The van der Waals surface area contributed by atoms with Gasteiger partial charge in [-0.05, 0) is 30.2 Å². The third kappa shape index (κ3) is 4.46. The van der Waals surface area contributed by atoms with E-state index in [-0.39, 0.29) is 23.6 Å². The van der Waals surface area contributed by atoms with Crippen LogP contribution in [0.25, 0.3) is 0 Å². The summed E-state index contributed by atoms with van der Waals surface area (Å²) in [6.07, 6.45) is 2.94. The number of hydrogen-bond donors (Lipinski definition) is 1. The highest BCUT2D eigenvalue weighted by molar-refractivity contribution is 6.30. The first-order valence-corrected chi connectivity index (χ1v) is 10.0. The summed E-state index contributed by atoms with van der Waals surface area (Å²) >= 11 is 5.97. The molecule has 1 aromatic heterocycles. The van der Waals surface area contributed by atoms with Crippen LogP contribution in [0, 0.1) is 0 Å². The molecule has 2 aliphatic heterocycles. The maximum absolute atomic E-state index is 12.3. The zero-order valence-electron chi connectivity index (χ0n) is 15.6. The molecular formula is C21H24ClN3O3. The van der Waals surface area contributed by atoms with Gasteiger partial charge in [-0.25, -0.2) is 0 Å². The Labute approximate surface area is 169 Å². The van der Waals surface area contributed by atoms with Crippen LogP contribution >= 0.6 is 11.6 Å². The summed E-state index contributed by atoms with van der Waals surface area (Å²) in [5.74, 6) is -0.0178. The van der Waals surface area contributed by atoms with Crippen molar-refractivity contribution in [1.82, 2.24) is 14.8 Å². The number of aryl methyl sites for hydroxylation is 1. The van der Waals surface area contributed by atoms with Crippen LogP contribution in [-0.2, 0) is 16.1 Å². The maximum Gasteiger partial charge on any atom is 0.250 e. The first-order chi connectivity index (χ1) is 13.6. The fourth-order valence-corrected chi connectivity index (χ4v) is 4.15. The van der Waals surface area contributed by atoms with Gasteiger partial charge < -0.3 is 14.6 Å². The molecule has 0 bridgehead atoms. The first-order valence-electron chi connectivity index (χ1n) is 9.64. The number of benzene rings is 1. The molecule has 0 radical (unpaired) electrons. The van der Waals surface area contributed by atoms with Crippen molar-refractivity contribution in [3.05, 3.63) is 69.6 Å². The molecule has 0 aliphatic carbocycles. The quantitative estimate of drug-likeness (QED) is 0.834. The fourth-order valence-electron chi connectivity index (χ4n) is 4.03. The van der Waals surface area contributed by atoms with Gasteiger partial charge in [-0.1, -0.05) is 29.8 Å². The minimum Gasteiger partial charge on any atom is -0.371 e. The van der Waals surface area contributed by atoms with Gasteiger partial charge in [-0.2, -0.15) is 0 Å². The molecule has 2 saturated heterocycles. The summed E-state index contributed by atoms with van der Waals surface area (Å²) in [6.45, 7) is 2.71. The lowest BCUT2D eigenvalue weighted by molar-refractivity contribution is -0.121. The molecule has 1 amide bonds. The van der Waals surface area contributed by atoms with Gasteiger partial charge >= 0.3 is 0 Å². The summed E-state index contributed by atoms with van der Waals surface area (Å²) in [4.78, 5) is 26.4. The van der Waals surface area contributed by atoms with Gasteiger partial charge in [-0.15, -0.1) is 0 Å². The summed E-state index contributed by atoms with van der Waals surface area (Å²) in [7, 11) is 0. The number of carbonyl (C=O) groups excluding carboxylic acids is 1. The molecule has 6 nitrogen and oxygen atoms in total. The molecule has 0 unspecified atom stereocenters. The van der Waals surface area contributed by atoms with E-state index in [1.54, 1.807) is 22.9 Å². The first kappa shape index (κ1) is 19.2. The Morgan fingerprint density at radius 1 is 1.18 bits per heavy atom. The number of aromatic nitrogens is 1. The molecule has 3 heterocycles. The van der Waals surface area contributed by atoms with E-state index in [1.807, 2.05) is 24.3 Å². The summed E-state index contributed by atoms with van der Waals surface area (Å²) in [5, 5.41) is 3.84. The van der Waals surface area contributed by atoms with Crippen molar-refractivity contribution in [2.75, 3.05) is 19.7 Å². The van der Waals surface area contributed by atoms with Crippen LogP contribution in [0.1, 0.15) is 24.5 Å². The number of amides is 1. The van der Waals surface area contributed by atoms with Gasteiger partial charge in [0.05, 0.1) is 12.7 Å². The van der Waals surface area contributed by atoms with E-state index in [0.717, 1.165) is 30.1 Å². The molecular weight excluding hydrogens is 378 g/mol. The van der Waals surface area contributed by atoms with Crippen LogP contribution < -0.4 is 10.9 Å². The molecule has 28 heavy (non-hydrogen) atoms. The van der Waals surface area contributed by atoms with Gasteiger partial charge in [-0.3, -0.25) is 14.5 Å². The number of nitrogens with one attached hydrogen (secondary N) is 1. The van der Waals surface area contributed by atoms with E-state index in [1.165, 1.54) is 6.07 Å². The topological polar surface area (TPSA) is 63.6 Å². The number of hydrogen-bond acceptors (Lipinski definition) is 4. The molecule has 7 heteroatoms. The van der Waals surface area contributed by atoms with E-state index >= 15 is 0 Å². The van der Waals surface area contributed by atoms with Crippen molar-refractivity contribution in [3.63, 3.8) is 0 Å². The van der Waals surface area contributed by atoms with E-state index in [0.29, 0.717) is 25.6 Å². The molecule has 2 fully saturated rings. The summed E-state index contributed by atoms with van der Waals surface area (Å²) in [5.41, 5.74) is 1.04. The van der Waals surface area contributed by atoms with Gasteiger partial charge in [0.15, 0.2) is 0 Å². The van der Waals surface area contributed by atoms with E-state index in [4.69, 9.17) is 16.3 Å². The smallest absolute Gasteiger partial charge is 0.250 e. The third-order valence-electron chi connectivity index (χ3n) is 5.50. The number of fused-ring (bicyclic) bond motifs is 1. The Balaban J connectivity index is 1.28. The Bertz CT molecular complexity index is 883. The number of nitrogens with zero attached hydrogens (tertiary/aromatic N) is 2. The number of morpholine rings is 1. The van der Waals surface area contributed by atoms with Crippen molar-refractivity contribution in [2.24, 2.45) is 0 Å². The molecule has 0 saturated carbocycles. The van der Waals surface area contributed by atoms with Crippen molar-refractivity contribution < 1.29 is 9.53 Å². The van der Waals surface area contributed by atoms with Crippen molar-refractivity contribution in [1.29, 1.82) is 0 Å². The summed E-state index contributed by atoms with van der Waals surface area (Å²) in [6, 6.07) is 13.3. The lowest BCUT2D eigenvalue weighted by Gasteiger charge is -2.35. The molecule has 0 spiro atoms. The normalized spacial score (nSPS) is 24.7. The van der Waals surface area contributed by atoms with E-state index in [2.05, 4.69) is 10.2 Å². The van der Waals surface area contributed by atoms with Crippen LogP contribution in [0.3, 0.4) is 0 Å². The van der Waals surface area contributed by atoms with Crippen LogP contribution in [0.4, 0.5) is 0 Å². The second kappa shape index (κ2) is 8.47. The summed E-state index contributed by atoms with van der Waals surface area (Å²) < 4.78 is 7.61. The van der Waals surface area contributed by atoms with E-state index < -0.39 is 0 Å². The standard InChI is InChI=1S/C21H24ClN3O3/c22-16-6-4-15(5-7-16)19-13-25-12-17(11-18(25)14-28-19)23-20(26)8-10-24-9-2-1-3-21(24)27/h1-7,9,17-19H,8,10-14H2,(H,23,26)/t17-,18+,19-/m1/s1. The number of halogens is 1. The predicted molar refractivity (Wildman–Crippen MR) is 107 cm³/mol. The molecule has 1 N–H and O–H groups in total. The average Bonchev–Trinajstić information content (AvgIpc) is 3.09. The van der Waals surface area contributed by atoms with Crippen LogP contribution in [0.5, 0.6) is 0 Å². The lowest BCUT2D eigenvalue weighted by Crippen LogP contribution is -2.43. The largest absolute Gasteiger partial charge is 0.371 e. The highest BCUT2D eigenvalue weighted by Crippen LogP contribution is 2.30. The highest BCUT2D eigenvalue weighted by atomic mass is 35.5. The van der Waals surface area contributed by atoms with Crippen molar-refractivity contribution in [2.45, 2.75) is 37.6 Å². The minimum atomic E-state index is -0.0845.